The number of sulfonamides is 1. The summed E-state index contributed by atoms with van der Waals surface area (Å²) in [5.41, 5.74) is 0.661. The van der Waals surface area contributed by atoms with E-state index in [9.17, 15) is 13.2 Å². The summed E-state index contributed by atoms with van der Waals surface area (Å²) >= 11 is 5.86. The van der Waals surface area contributed by atoms with Crippen LogP contribution in [0.5, 0.6) is 0 Å². The lowest BCUT2D eigenvalue weighted by Crippen LogP contribution is -2.19. The van der Waals surface area contributed by atoms with Gasteiger partial charge < -0.3 is 4.74 Å². The molecule has 1 N–H and O–H groups in total. The summed E-state index contributed by atoms with van der Waals surface area (Å²) < 4.78 is 34.7. The Morgan fingerprint density at radius 2 is 1.84 bits per heavy atom. The van der Waals surface area contributed by atoms with E-state index < -0.39 is 16.0 Å². The van der Waals surface area contributed by atoms with Crippen molar-refractivity contribution in [2.75, 3.05) is 11.3 Å². The van der Waals surface area contributed by atoms with Crippen LogP contribution in [0.15, 0.2) is 71.8 Å². The molecule has 4 rings (SSSR count). The highest BCUT2D eigenvalue weighted by atomic mass is 35.5. The van der Waals surface area contributed by atoms with Crippen LogP contribution in [-0.4, -0.2) is 35.8 Å². The zero-order chi connectivity index (χ0) is 22.0. The molecule has 0 spiro atoms. The second-order valence-corrected chi connectivity index (χ2v) is 8.58. The lowest BCUT2D eigenvalue weighted by atomic mass is 10.2. The van der Waals surface area contributed by atoms with E-state index in [1.165, 1.54) is 35.1 Å². The molecule has 0 aliphatic rings. The third kappa shape index (κ3) is 4.23. The van der Waals surface area contributed by atoms with Crippen LogP contribution in [0.1, 0.15) is 17.3 Å². The standard InChI is InChI=1S/C21H17ClN4O4S/c1-2-30-21(27)17-13-23-26(19-12-7-14-5-3-4-6-18(14)24-19)20(17)25-31(28,29)16-10-8-15(22)9-11-16/h3-13,25H,2H2,1H3. The zero-order valence-corrected chi connectivity index (χ0v) is 17.9. The molecule has 0 bridgehead atoms. The van der Waals surface area contributed by atoms with E-state index in [-0.39, 0.29) is 22.9 Å². The van der Waals surface area contributed by atoms with Crippen molar-refractivity contribution in [1.82, 2.24) is 14.8 Å². The summed E-state index contributed by atoms with van der Waals surface area (Å²) in [5, 5.41) is 5.50. The second-order valence-electron chi connectivity index (χ2n) is 6.46. The number of para-hydroxylation sites is 1. The number of carbonyl (C=O) groups excluding carboxylic acids is 1. The van der Waals surface area contributed by atoms with Gasteiger partial charge in [-0.15, -0.1) is 0 Å². The largest absolute Gasteiger partial charge is 0.462 e. The van der Waals surface area contributed by atoms with E-state index in [1.807, 2.05) is 30.3 Å². The van der Waals surface area contributed by atoms with Crippen LogP contribution in [0.2, 0.25) is 5.02 Å². The van der Waals surface area contributed by atoms with Gasteiger partial charge in [0.1, 0.15) is 5.56 Å². The van der Waals surface area contributed by atoms with E-state index in [1.54, 1.807) is 13.0 Å². The molecule has 4 aromatic rings. The maximum atomic E-state index is 13.0. The summed E-state index contributed by atoms with van der Waals surface area (Å²) in [6, 6.07) is 16.6. The predicted octanol–water partition coefficient (Wildman–Crippen LogP) is 4.05. The number of hydrogen-bond donors (Lipinski definition) is 1. The number of nitrogens with one attached hydrogen (secondary N) is 1. The maximum absolute atomic E-state index is 13.0. The number of hydrogen-bond acceptors (Lipinski definition) is 6. The SMILES string of the molecule is CCOC(=O)c1cnn(-c2ccc3ccccc3n2)c1NS(=O)(=O)c1ccc(Cl)cc1. The molecule has 0 aliphatic heterocycles. The number of anilines is 1. The van der Waals surface area contributed by atoms with Gasteiger partial charge in [-0.05, 0) is 49.4 Å². The van der Waals surface area contributed by atoms with Gasteiger partial charge in [-0.1, -0.05) is 29.8 Å². The van der Waals surface area contributed by atoms with Crippen LogP contribution in [0.4, 0.5) is 5.82 Å². The Bertz CT molecular complexity index is 1370. The molecular weight excluding hydrogens is 440 g/mol. The van der Waals surface area contributed by atoms with Crippen molar-refractivity contribution in [3.63, 3.8) is 0 Å². The minimum atomic E-state index is -4.05. The van der Waals surface area contributed by atoms with Crippen LogP contribution >= 0.6 is 11.6 Å². The second kappa shape index (κ2) is 8.37. The molecule has 0 fully saturated rings. The van der Waals surface area contributed by atoms with Gasteiger partial charge in [-0.2, -0.15) is 9.78 Å². The monoisotopic (exact) mass is 456 g/mol. The summed E-state index contributed by atoms with van der Waals surface area (Å²) in [4.78, 5) is 17.0. The number of carbonyl (C=O) groups is 1. The Kier molecular flexibility index (Phi) is 5.62. The first kappa shape index (κ1) is 20.8. The highest BCUT2D eigenvalue weighted by molar-refractivity contribution is 7.92. The van der Waals surface area contributed by atoms with E-state index in [4.69, 9.17) is 16.3 Å². The molecule has 2 aromatic carbocycles. The average molecular weight is 457 g/mol. The fourth-order valence-electron chi connectivity index (χ4n) is 2.95. The first-order chi connectivity index (χ1) is 14.9. The van der Waals surface area contributed by atoms with Crippen molar-refractivity contribution >= 4 is 44.3 Å². The summed E-state index contributed by atoms with van der Waals surface area (Å²) in [7, 11) is -4.05. The fraction of sp³-hybridized carbons (Fsp3) is 0.0952. The number of aromatic nitrogens is 3. The zero-order valence-electron chi connectivity index (χ0n) is 16.3. The first-order valence-corrected chi connectivity index (χ1v) is 11.1. The summed E-state index contributed by atoms with van der Waals surface area (Å²) in [6.07, 6.45) is 1.24. The van der Waals surface area contributed by atoms with Crippen molar-refractivity contribution < 1.29 is 17.9 Å². The van der Waals surface area contributed by atoms with Crippen LogP contribution in [0, 0.1) is 0 Å². The van der Waals surface area contributed by atoms with Crippen LogP contribution < -0.4 is 4.72 Å². The van der Waals surface area contributed by atoms with Gasteiger partial charge in [0.2, 0.25) is 0 Å². The van der Waals surface area contributed by atoms with E-state index in [0.29, 0.717) is 16.4 Å². The lowest BCUT2D eigenvalue weighted by Gasteiger charge is -2.12. The number of halogens is 1. The van der Waals surface area contributed by atoms with Gasteiger partial charge >= 0.3 is 5.97 Å². The molecular formula is C21H17ClN4O4S. The number of ether oxygens (including phenoxy) is 1. The average Bonchev–Trinajstić information content (AvgIpc) is 3.16. The van der Waals surface area contributed by atoms with Crippen molar-refractivity contribution in [3.8, 4) is 5.82 Å². The number of fused-ring (bicyclic) bond motifs is 1. The molecule has 0 saturated carbocycles. The maximum Gasteiger partial charge on any atom is 0.343 e. The summed E-state index contributed by atoms with van der Waals surface area (Å²) in [5.74, 6) is -0.442. The van der Waals surface area contributed by atoms with Gasteiger partial charge in [-0.3, -0.25) is 4.72 Å². The molecule has 0 radical (unpaired) electrons. The Labute approximate surface area is 183 Å². The molecule has 0 unspecified atom stereocenters. The quantitative estimate of drug-likeness (QED) is 0.439. The van der Waals surface area contributed by atoms with Crippen LogP contribution in [-0.2, 0) is 14.8 Å². The van der Waals surface area contributed by atoms with E-state index in [0.717, 1.165) is 5.39 Å². The third-order valence-electron chi connectivity index (χ3n) is 4.42. The molecule has 158 valence electrons. The molecule has 0 atom stereocenters. The molecule has 2 aromatic heterocycles. The third-order valence-corrected chi connectivity index (χ3v) is 6.03. The topological polar surface area (TPSA) is 103 Å². The molecule has 10 heteroatoms. The minimum absolute atomic E-state index is 0.0223. The highest BCUT2D eigenvalue weighted by Crippen LogP contribution is 2.25. The molecule has 0 amide bonds. The predicted molar refractivity (Wildman–Crippen MR) is 117 cm³/mol. The van der Waals surface area contributed by atoms with Crippen molar-refractivity contribution in [3.05, 3.63) is 77.4 Å². The normalized spacial score (nSPS) is 11.4. The number of nitrogens with zero attached hydrogens (tertiary/aromatic N) is 3. The van der Waals surface area contributed by atoms with Gasteiger partial charge in [0.05, 0.1) is 23.2 Å². The van der Waals surface area contributed by atoms with Crippen LogP contribution in [0.25, 0.3) is 16.7 Å². The fourth-order valence-corrected chi connectivity index (χ4v) is 4.14. The molecule has 0 aliphatic carbocycles. The molecule has 2 heterocycles. The Morgan fingerprint density at radius 3 is 2.58 bits per heavy atom. The van der Waals surface area contributed by atoms with Gasteiger partial charge in [-0.25, -0.2) is 18.2 Å². The first-order valence-electron chi connectivity index (χ1n) is 9.29. The Hall–Kier alpha value is -3.43. The summed E-state index contributed by atoms with van der Waals surface area (Å²) in [6.45, 7) is 1.78. The smallest absolute Gasteiger partial charge is 0.343 e. The van der Waals surface area contributed by atoms with E-state index in [2.05, 4.69) is 14.8 Å². The number of pyridine rings is 1. The Morgan fingerprint density at radius 1 is 1.10 bits per heavy atom. The number of rotatable bonds is 6. The number of esters is 1. The highest BCUT2D eigenvalue weighted by Gasteiger charge is 2.25. The van der Waals surface area contributed by atoms with Crippen LogP contribution in [0.3, 0.4) is 0 Å². The van der Waals surface area contributed by atoms with E-state index >= 15 is 0 Å². The minimum Gasteiger partial charge on any atom is -0.462 e. The van der Waals surface area contributed by atoms with Gasteiger partial charge in [0.25, 0.3) is 10.0 Å². The van der Waals surface area contributed by atoms with Gasteiger partial charge in [0, 0.05) is 10.4 Å². The van der Waals surface area contributed by atoms with Crippen molar-refractivity contribution in [2.24, 2.45) is 0 Å². The lowest BCUT2D eigenvalue weighted by molar-refractivity contribution is 0.0527. The molecule has 31 heavy (non-hydrogen) atoms. The Balaban J connectivity index is 1.83. The van der Waals surface area contributed by atoms with Gasteiger partial charge in [0.15, 0.2) is 11.6 Å². The molecule has 0 saturated heterocycles. The van der Waals surface area contributed by atoms with Crippen molar-refractivity contribution in [2.45, 2.75) is 11.8 Å². The molecule has 8 nitrogen and oxygen atoms in total. The van der Waals surface area contributed by atoms with Crippen molar-refractivity contribution in [1.29, 1.82) is 0 Å². The number of benzene rings is 2.